The van der Waals surface area contributed by atoms with E-state index in [0.717, 1.165) is 46.7 Å². The molecule has 0 saturated carbocycles. The average Bonchev–Trinajstić information content (AvgIpc) is 2.39. The van der Waals surface area contributed by atoms with E-state index in [1.165, 1.54) is 25.7 Å². The van der Waals surface area contributed by atoms with E-state index in [1.54, 1.807) is 0 Å². The summed E-state index contributed by atoms with van der Waals surface area (Å²) in [7, 11) is 0. The molecule has 0 amide bonds. The fourth-order valence-corrected chi connectivity index (χ4v) is 3.53. The fourth-order valence-electron chi connectivity index (χ4n) is 2.76. The van der Waals surface area contributed by atoms with Gasteiger partial charge in [0.1, 0.15) is 0 Å². The van der Waals surface area contributed by atoms with E-state index in [0.29, 0.717) is 0 Å². The van der Waals surface area contributed by atoms with E-state index >= 15 is 0 Å². The molecule has 2 saturated heterocycles. The molecule has 2 aliphatic rings. The normalized spacial score (nSPS) is 27.0. The van der Waals surface area contributed by atoms with Crippen molar-refractivity contribution >= 4 is 58.3 Å². The molecule has 0 spiro atoms. The van der Waals surface area contributed by atoms with Crippen LogP contribution in [0.25, 0.3) is 0 Å². The van der Waals surface area contributed by atoms with Gasteiger partial charge in [-0.3, -0.25) is 0 Å². The van der Waals surface area contributed by atoms with E-state index in [4.69, 9.17) is 0 Å². The zero-order chi connectivity index (χ0) is 15.1. The van der Waals surface area contributed by atoms with Gasteiger partial charge in [-0.1, -0.05) is 13.8 Å². The van der Waals surface area contributed by atoms with Crippen molar-refractivity contribution in [3.8, 4) is 0 Å². The number of likely N-dealkylation sites (tertiary alicyclic amines) is 2. The Morgan fingerprint density at radius 1 is 0.857 bits per heavy atom. The van der Waals surface area contributed by atoms with Gasteiger partial charge in [-0.05, 0) is 37.5 Å². The monoisotopic (exact) mass is 417 g/mol. The maximum absolute atomic E-state index is 4.24. The van der Waals surface area contributed by atoms with Gasteiger partial charge >= 0.3 is 25.7 Å². The van der Waals surface area contributed by atoms with Gasteiger partial charge in [-0.15, -0.1) is 0 Å². The Hall–Kier alpha value is 1.32. The summed E-state index contributed by atoms with van der Waals surface area (Å²) in [5, 5.41) is 0. The molecule has 0 aromatic heterocycles. The Balaban J connectivity index is 0.000000364. The first-order valence-electron chi connectivity index (χ1n) is 7.45. The Bertz CT molecular complexity index is 309. The number of rotatable bonds is 0. The predicted molar refractivity (Wildman–Crippen MR) is 108 cm³/mol. The van der Waals surface area contributed by atoms with Crippen molar-refractivity contribution in [1.29, 1.82) is 0 Å². The minimum atomic E-state index is 0. The van der Waals surface area contributed by atoms with Gasteiger partial charge < -0.3 is 0 Å². The van der Waals surface area contributed by atoms with Crippen molar-refractivity contribution < 1.29 is 17.1 Å². The number of thiol groups is 2. The Labute approximate surface area is 162 Å². The number of hydrogen-bond acceptors (Lipinski definition) is 0. The molecule has 0 aliphatic carbocycles. The molecule has 2 atom stereocenters. The molecule has 2 aliphatic heterocycles. The fraction of sp³-hybridized carbons (Fsp3) is 0.857. The summed E-state index contributed by atoms with van der Waals surface area (Å²) in [4.78, 5) is 4.54. The quantitative estimate of drug-likeness (QED) is 0.240. The summed E-state index contributed by atoms with van der Waals surface area (Å²) in [6.07, 6.45) is 5.33. The molecule has 2 rings (SSSR count). The van der Waals surface area contributed by atoms with Gasteiger partial charge in [0.25, 0.3) is 0 Å². The first-order valence-corrected chi connectivity index (χ1v) is 9.34. The molecular weight excluding hydrogens is 388 g/mol. The Kier molecular flexibility index (Phi) is 12.5. The van der Waals surface area contributed by atoms with Gasteiger partial charge in [0.05, 0.1) is 25.3 Å². The minimum absolute atomic E-state index is 0. The molecule has 2 unspecified atom stereocenters. The van der Waals surface area contributed by atoms with Crippen LogP contribution in [0.15, 0.2) is 0 Å². The first kappa shape index (κ1) is 22.3. The van der Waals surface area contributed by atoms with E-state index in [9.17, 15) is 0 Å². The maximum Gasteiger partial charge on any atom is 2.00 e. The Morgan fingerprint density at radius 2 is 1.19 bits per heavy atom. The second kappa shape index (κ2) is 11.8. The molecule has 2 nitrogen and oxygen atoms in total. The average molecular weight is 418 g/mol. The van der Waals surface area contributed by atoms with Crippen molar-refractivity contribution in [2.75, 3.05) is 26.2 Å². The summed E-state index contributed by atoms with van der Waals surface area (Å²) in [5.41, 5.74) is 0. The second-order valence-electron chi connectivity index (χ2n) is 6.03. The smallest absolute Gasteiger partial charge is 0.183 e. The summed E-state index contributed by atoms with van der Waals surface area (Å²) < 4.78 is 1.96. The second-order valence-corrected chi connectivity index (χ2v) is 8.67. The Morgan fingerprint density at radius 3 is 1.38 bits per heavy atom. The van der Waals surface area contributed by atoms with Crippen molar-refractivity contribution in [3.05, 3.63) is 0 Å². The van der Waals surface area contributed by atoms with Gasteiger partial charge in [0.15, 0.2) is 0 Å². The van der Waals surface area contributed by atoms with Crippen LogP contribution in [0, 0.1) is 11.8 Å². The molecule has 2 heterocycles. The molecule has 0 N–H and O–H groups in total. The largest absolute Gasteiger partial charge is 2.00 e. The SMILES string of the molecule is CC1CCCN(C(=[SH+])[SH2+])C1.CC1CCCN(C(=[SH+])[SH2+])C1.[Cu+2]. The summed E-state index contributed by atoms with van der Waals surface area (Å²) in [6.45, 7) is 9.20. The topological polar surface area (TPSA) is 6.48 Å². The summed E-state index contributed by atoms with van der Waals surface area (Å²) >= 11 is 15.3. The zero-order valence-electron chi connectivity index (χ0n) is 12.9. The van der Waals surface area contributed by atoms with Crippen molar-refractivity contribution in [3.63, 3.8) is 0 Å². The van der Waals surface area contributed by atoms with E-state index < -0.39 is 0 Å². The molecule has 7 heteroatoms. The third-order valence-electron chi connectivity index (χ3n) is 3.91. The van der Waals surface area contributed by atoms with Crippen LogP contribution in [-0.4, -0.2) is 44.6 Å². The molecule has 0 aromatic carbocycles. The molecule has 1 radical (unpaired) electrons. The van der Waals surface area contributed by atoms with Gasteiger partial charge in [-0.25, -0.2) is 0 Å². The number of piperidine rings is 2. The van der Waals surface area contributed by atoms with Crippen molar-refractivity contribution in [1.82, 2.24) is 9.80 Å². The number of hydrogen-bond donors (Lipinski definition) is 0. The van der Waals surface area contributed by atoms with E-state index in [2.05, 4.69) is 73.3 Å². The van der Waals surface area contributed by atoms with Gasteiger partial charge in [0, 0.05) is 26.2 Å². The van der Waals surface area contributed by atoms with Crippen LogP contribution < -0.4 is 0 Å². The van der Waals surface area contributed by atoms with Crippen LogP contribution in [0.1, 0.15) is 39.5 Å². The molecule has 0 aromatic rings. The van der Waals surface area contributed by atoms with Crippen LogP contribution >= 0.6 is 0 Å². The standard InChI is InChI=1S/2C7H13NS2.Cu/c2*1-6-3-2-4-8(5-6)7(9)10;/h2*6H,2-5H2,1H3,(H,9,10);/q;;+2/p+4. The first-order chi connectivity index (χ1) is 9.40. The molecule has 125 valence electrons. The van der Waals surface area contributed by atoms with Crippen LogP contribution in [-0.2, 0) is 66.8 Å². The molecule has 21 heavy (non-hydrogen) atoms. The van der Waals surface area contributed by atoms with E-state index in [-0.39, 0.29) is 17.1 Å². The van der Waals surface area contributed by atoms with Crippen LogP contribution in [0.3, 0.4) is 0 Å². The van der Waals surface area contributed by atoms with Crippen LogP contribution in [0.2, 0.25) is 0 Å². The van der Waals surface area contributed by atoms with Gasteiger partial charge in [0.2, 0.25) is 24.4 Å². The third-order valence-corrected chi connectivity index (χ3v) is 5.11. The predicted octanol–water partition coefficient (Wildman–Crippen LogP) is 0.190. The maximum atomic E-state index is 4.24. The molecule has 2 fully saturated rings. The summed E-state index contributed by atoms with van der Waals surface area (Å²) in [5.74, 6) is 1.65. The van der Waals surface area contributed by atoms with E-state index in [1.807, 2.05) is 0 Å². The van der Waals surface area contributed by atoms with Gasteiger partial charge in [-0.2, -0.15) is 9.80 Å². The van der Waals surface area contributed by atoms with Crippen LogP contribution in [0.5, 0.6) is 0 Å². The van der Waals surface area contributed by atoms with Crippen molar-refractivity contribution in [2.24, 2.45) is 11.8 Å². The van der Waals surface area contributed by atoms with Crippen LogP contribution in [0.4, 0.5) is 0 Å². The summed E-state index contributed by atoms with van der Waals surface area (Å²) in [6, 6.07) is 0. The number of nitrogens with zero attached hydrogens (tertiary/aromatic N) is 2. The zero-order valence-corrected chi connectivity index (χ0v) is 17.6. The van der Waals surface area contributed by atoms with Crippen molar-refractivity contribution in [2.45, 2.75) is 39.5 Å². The minimum Gasteiger partial charge on any atom is -0.183 e. The molecular formula is C14H30CuN2S4+6. The third kappa shape index (κ3) is 9.26. The molecule has 0 bridgehead atoms.